The molecule has 2 unspecified atom stereocenters. The lowest BCUT2D eigenvalue weighted by molar-refractivity contribution is 0.706. The Hall–Kier alpha value is -1.05. The molecule has 0 fully saturated rings. The highest BCUT2D eigenvalue weighted by Gasteiger charge is 2.19. The Morgan fingerprint density at radius 1 is 1.06 bits per heavy atom. The molecule has 1 aromatic carbocycles. The maximum atomic E-state index is 6.46. The maximum absolute atomic E-state index is 6.46. The summed E-state index contributed by atoms with van der Waals surface area (Å²) in [6.45, 7) is 2.08. The van der Waals surface area contributed by atoms with Crippen LogP contribution in [-0.4, -0.2) is 4.98 Å². The van der Waals surface area contributed by atoms with Gasteiger partial charge in [-0.05, 0) is 29.8 Å². The predicted octanol–water partition coefficient (Wildman–Crippen LogP) is 4.82. The lowest BCUT2D eigenvalue weighted by atomic mass is 9.97. The normalized spacial score (nSPS) is 14.3. The highest BCUT2D eigenvalue weighted by molar-refractivity contribution is 6.30. The van der Waals surface area contributed by atoms with Crippen molar-refractivity contribution >= 4 is 23.2 Å². The molecule has 3 heteroatoms. The molecule has 0 amide bonds. The molecule has 88 valence electrons. The van der Waals surface area contributed by atoms with Crippen LogP contribution in [0.3, 0.4) is 0 Å². The van der Waals surface area contributed by atoms with Gasteiger partial charge in [-0.3, -0.25) is 4.98 Å². The van der Waals surface area contributed by atoms with E-state index in [-0.39, 0.29) is 11.3 Å². The second kappa shape index (κ2) is 5.52. The smallest absolute Gasteiger partial charge is 0.0666 e. The Balaban J connectivity index is 2.20. The number of benzene rings is 1. The lowest BCUT2D eigenvalue weighted by Crippen LogP contribution is -2.04. The van der Waals surface area contributed by atoms with E-state index in [9.17, 15) is 0 Å². The van der Waals surface area contributed by atoms with E-state index in [1.165, 1.54) is 0 Å². The molecule has 0 spiro atoms. The van der Waals surface area contributed by atoms with E-state index in [4.69, 9.17) is 23.2 Å². The first kappa shape index (κ1) is 12.4. The van der Waals surface area contributed by atoms with Crippen LogP contribution in [0, 0.1) is 0 Å². The van der Waals surface area contributed by atoms with Gasteiger partial charge < -0.3 is 0 Å². The van der Waals surface area contributed by atoms with Gasteiger partial charge in [0, 0.05) is 22.8 Å². The number of hydrogen-bond donors (Lipinski definition) is 0. The Morgan fingerprint density at radius 3 is 2.35 bits per heavy atom. The summed E-state index contributed by atoms with van der Waals surface area (Å²) in [5.41, 5.74) is 2.07. The average molecular weight is 266 g/mol. The Kier molecular flexibility index (Phi) is 4.03. The first-order chi connectivity index (χ1) is 8.18. The number of alkyl halides is 1. The lowest BCUT2D eigenvalue weighted by Gasteiger charge is -2.17. The van der Waals surface area contributed by atoms with Gasteiger partial charge in [-0.25, -0.2) is 0 Å². The van der Waals surface area contributed by atoms with Crippen molar-refractivity contribution in [2.45, 2.75) is 18.2 Å². The number of hydrogen-bond acceptors (Lipinski definition) is 1. The molecule has 0 aliphatic carbocycles. The number of halogens is 2. The minimum Gasteiger partial charge on any atom is -0.261 e. The maximum Gasteiger partial charge on any atom is 0.0666 e. The monoisotopic (exact) mass is 265 g/mol. The van der Waals surface area contributed by atoms with E-state index >= 15 is 0 Å². The molecule has 1 aromatic heterocycles. The van der Waals surface area contributed by atoms with Gasteiger partial charge in [0.05, 0.1) is 5.38 Å². The van der Waals surface area contributed by atoms with Crippen LogP contribution in [-0.2, 0) is 0 Å². The largest absolute Gasteiger partial charge is 0.261 e. The summed E-state index contributed by atoms with van der Waals surface area (Å²) in [5.74, 6) is 0.166. The molecule has 1 heterocycles. The first-order valence-corrected chi connectivity index (χ1v) is 6.30. The highest BCUT2D eigenvalue weighted by atomic mass is 35.5. The van der Waals surface area contributed by atoms with Crippen LogP contribution in [0.4, 0.5) is 0 Å². The second-order valence-corrected chi connectivity index (χ2v) is 4.90. The fraction of sp³-hybridized carbons (Fsp3) is 0.214. The van der Waals surface area contributed by atoms with Gasteiger partial charge in [0.25, 0.3) is 0 Å². The van der Waals surface area contributed by atoms with Gasteiger partial charge in [-0.2, -0.15) is 0 Å². The number of pyridine rings is 1. The van der Waals surface area contributed by atoms with Crippen molar-refractivity contribution in [1.82, 2.24) is 4.98 Å². The highest BCUT2D eigenvalue weighted by Crippen LogP contribution is 2.35. The molecule has 2 aromatic rings. The second-order valence-electron chi connectivity index (χ2n) is 4.00. The van der Waals surface area contributed by atoms with E-state index in [1.54, 1.807) is 6.20 Å². The fourth-order valence-corrected chi connectivity index (χ4v) is 2.13. The van der Waals surface area contributed by atoms with Crippen molar-refractivity contribution in [2.75, 3.05) is 0 Å². The minimum atomic E-state index is -0.0952. The Morgan fingerprint density at radius 2 is 1.76 bits per heavy atom. The molecule has 2 atom stereocenters. The Labute approximate surface area is 111 Å². The fourth-order valence-electron chi connectivity index (χ4n) is 1.73. The third kappa shape index (κ3) is 2.99. The molecule has 0 bridgehead atoms. The first-order valence-electron chi connectivity index (χ1n) is 5.49. The quantitative estimate of drug-likeness (QED) is 0.726. The van der Waals surface area contributed by atoms with Crippen molar-refractivity contribution in [2.24, 2.45) is 0 Å². The van der Waals surface area contributed by atoms with Crippen molar-refractivity contribution < 1.29 is 0 Å². The average Bonchev–Trinajstić information content (AvgIpc) is 2.39. The third-order valence-electron chi connectivity index (χ3n) is 2.78. The van der Waals surface area contributed by atoms with Crippen LogP contribution in [0.1, 0.15) is 29.5 Å². The minimum absolute atomic E-state index is 0.0952. The molecule has 0 saturated carbocycles. The van der Waals surface area contributed by atoms with Crippen molar-refractivity contribution in [1.29, 1.82) is 0 Å². The summed E-state index contributed by atoms with van der Waals surface area (Å²) in [4.78, 5) is 4.33. The van der Waals surface area contributed by atoms with E-state index < -0.39 is 0 Å². The summed E-state index contributed by atoms with van der Waals surface area (Å²) in [6, 6.07) is 13.5. The summed E-state index contributed by atoms with van der Waals surface area (Å²) in [5, 5.41) is 0.630. The molecule has 0 N–H and O–H groups in total. The van der Waals surface area contributed by atoms with Crippen molar-refractivity contribution in [3.8, 4) is 0 Å². The van der Waals surface area contributed by atoms with Crippen LogP contribution in [0.15, 0.2) is 48.7 Å². The summed E-state index contributed by atoms with van der Waals surface area (Å²) >= 11 is 12.3. The van der Waals surface area contributed by atoms with Crippen LogP contribution >= 0.6 is 23.2 Å². The topological polar surface area (TPSA) is 12.9 Å². The SMILES string of the molecule is CC(c1ccccn1)C(Cl)c1ccc(Cl)cc1. The Bertz CT molecular complexity index is 467. The van der Waals surface area contributed by atoms with Gasteiger partial charge in [0.2, 0.25) is 0 Å². The number of aromatic nitrogens is 1. The van der Waals surface area contributed by atoms with Gasteiger partial charge >= 0.3 is 0 Å². The van der Waals surface area contributed by atoms with Gasteiger partial charge in [0.1, 0.15) is 0 Å². The number of rotatable bonds is 3. The van der Waals surface area contributed by atoms with Crippen LogP contribution in [0.2, 0.25) is 5.02 Å². The van der Waals surface area contributed by atoms with E-state index in [2.05, 4.69) is 11.9 Å². The van der Waals surface area contributed by atoms with Gasteiger partial charge in [-0.15, -0.1) is 11.6 Å². The van der Waals surface area contributed by atoms with Crippen LogP contribution in [0.25, 0.3) is 0 Å². The van der Waals surface area contributed by atoms with Gasteiger partial charge in [-0.1, -0.05) is 36.7 Å². The molecule has 2 rings (SSSR count). The van der Waals surface area contributed by atoms with Crippen molar-refractivity contribution in [3.05, 3.63) is 64.9 Å². The molecule has 0 radical (unpaired) electrons. The van der Waals surface area contributed by atoms with E-state index in [0.29, 0.717) is 0 Å². The van der Waals surface area contributed by atoms with Crippen molar-refractivity contribution in [3.63, 3.8) is 0 Å². The zero-order valence-corrected chi connectivity index (χ0v) is 11.0. The summed E-state index contributed by atoms with van der Waals surface area (Å²) in [7, 11) is 0. The predicted molar refractivity (Wildman–Crippen MR) is 72.7 cm³/mol. The molecular weight excluding hydrogens is 253 g/mol. The third-order valence-corrected chi connectivity index (χ3v) is 3.66. The van der Waals surface area contributed by atoms with Crippen LogP contribution in [0.5, 0.6) is 0 Å². The zero-order valence-electron chi connectivity index (χ0n) is 9.48. The summed E-state index contributed by atoms with van der Waals surface area (Å²) < 4.78 is 0. The molecular formula is C14H13Cl2N. The van der Waals surface area contributed by atoms with E-state index in [0.717, 1.165) is 16.3 Å². The molecule has 0 saturated heterocycles. The standard InChI is InChI=1S/C14H13Cl2N/c1-10(13-4-2-3-9-17-13)14(16)11-5-7-12(15)8-6-11/h2-10,14H,1H3. The molecule has 1 nitrogen and oxygen atoms in total. The zero-order chi connectivity index (χ0) is 12.3. The molecule has 17 heavy (non-hydrogen) atoms. The van der Waals surface area contributed by atoms with Crippen LogP contribution < -0.4 is 0 Å². The molecule has 0 aliphatic heterocycles. The van der Waals surface area contributed by atoms with Gasteiger partial charge in [0.15, 0.2) is 0 Å². The summed E-state index contributed by atoms with van der Waals surface area (Å²) in [6.07, 6.45) is 1.79. The molecule has 0 aliphatic rings. The van der Waals surface area contributed by atoms with E-state index in [1.807, 2.05) is 42.5 Å². The number of nitrogens with zero attached hydrogens (tertiary/aromatic N) is 1.